The fourth-order valence-electron chi connectivity index (χ4n) is 1.73. The van der Waals surface area contributed by atoms with Crippen LogP contribution in [0.4, 0.5) is 0 Å². The fraction of sp³-hybridized carbons (Fsp3) is 0.923. The van der Waals surface area contributed by atoms with Crippen LogP contribution < -0.4 is 0 Å². The van der Waals surface area contributed by atoms with E-state index in [9.17, 15) is 4.79 Å². The Morgan fingerprint density at radius 2 is 2.06 bits per heavy atom. The highest BCUT2D eigenvalue weighted by Gasteiger charge is 2.28. The molecular weight excluding hydrogens is 204 g/mol. The van der Waals surface area contributed by atoms with E-state index in [1.807, 2.05) is 13.8 Å². The largest absolute Gasteiger partial charge is 0.463 e. The Morgan fingerprint density at radius 3 is 2.56 bits per heavy atom. The van der Waals surface area contributed by atoms with Crippen molar-refractivity contribution in [1.82, 2.24) is 0 Å². The number of carbonyl (C=O) groups is 1. The van der Waals surface area contributed by atoms with E-state index in [0.717, 1.165) is 18.9 Å². The number of hydrogen-bond acceptors (Lipinski definition) is 3. The first kappa shape index (κ1) is 13.5. The summed E-state index contributed by atoms with van der Waals surface area (Å²) in [7, 11) is 0. The highest BCUT2D eigenvalue weighted by Crippen LogP contribution is 2.31. The predicted octanol–water partition coefficient (Wildman–Crippen LogP) is 2.92. The number of ether oxygens (including phenoxy) is 2. The minimum absolute atomic E-state index is 0.0679. The van der Waals surface area contributed by atoms with Crippen molar-refractivity contribution in [2.24, 2.45) is 5.92 Å². The zero-order valence-electron chi connectivity index (χ0n) is 10.9. The molecule has 1 saturated carbocycles. The third kappa shape index (κ3) is 5.50. The molecule has 1 rings (SSSR count). The molecule has 0 aliphatic heterocycles. The number of hydrogen-bond donors (Lipinski definition) is 0. The molecule has 0 N–H and O–H groups in total. The van der Waals surface area contributed by atoms with Gasteiger partial charge >= 0.3 is 5.97 Å². The van der Waals surface area contributed by atoms with Gasteiger partial charge in [0.1, 0.15) is 6.10 Å². The summed E-state index contributed by atoms with van der Waals surface area (Å²) >= 11 is 0. The molecule has 94 valence electrons. The molecule has 1 atom stereocenters. The van der Waals surface area contributed by atoms with Gasteiger partial charge in [-0.05, 0) is 39.5 Å². The van der Waals surface area contributed by atoms with Crippen molar-refractivity contribution in [3.05, 3.63) is 0 Å². The van der Waals surface area contributed by atoms with Gasteiger partial charge in [0.25, 0.3) is 0 Å². The van der Waals surface area contributed by atoms with E-state index >= 15 is 0 Å². The summed E-state index contributed by atoms with van der Waals surface area (Å²) < 4.78 is 11.1. The van der Waals surface area contributed by atoms with Crippen LogP contribution in [0.5, 0.6) is 0 Å². The molecule has 0 heterocycles. The van der Waals surface area contributed by atoms with Crippen molar-refractivity contribution in [3.8, 4) is 0 Å². The van der Waals surface area contributed by atoms with Crippen LogP contribution in [0.3, 0.4) is 0 Å². The summed E-state index contributed by atoms with van der Waals surface area (Å²) in [6.07, 6.45) is 3.73. The summed E-state index contributed by atoms with van der Waals surface area (Å²) in [6.45, 7) is 8.71. The Labute approximate surface area is 98.5 Å². The van der Waals surface area contributed by atoms with E-state index in [-0.39, 0.29) is 17.7 Å². The molecule has 3 heteroatoms. The normalized spacial score (nSPS) is 18.2. The van der Waals surface area contributed by atoms with Crippen LogP contribution in [-0.2, 0) is 14.3 Å². The maximum Gasteiger partial charge on any atom is 0.305 e. The van der Waals surface area contributed by atoms with Gasteiger partial charge in [0.2, 0.25) is 0 Å². The molecule has 0 amide bonds. The topological polar surface area (TPSA) is 35.5 Å². The van der Waals surface area contributed by atoms with E-state index in [0.29, 0.717) is 6.42 Å². The second-order valence-corrected chi connectivity index (χ2v) is 5.37. The molecule has 0 radical (unpaired) electrons. The first-order valence-electron chi connectivity index (χ1n) is 6.26. The summed E-state index contributed by atoms with van der Waals surface area (Å²) in [5, 5.41) is 0. The molecule has 3 nitrogen and oxygen atoms in total. The Bertz CT molecular complexity index is 231. The zero-order valence-corrected chi connectivity index (χ0v) is 10.9. The average molecular weight is 228 g/mol. The van der Waals surface area contributed by atoms with Gasteiger partial charge in [0.05, 0.1) is 12.2 Å². The van der Waals surface area contributed by atoms with Gasteiger partial charge in [-0.25, -0.2) is 0 Å². The molecule has 1 aliphatic carbocycles. The van der Waals surface area contributed by atoms with E-state index in [1.165, 1.54) is 12.8 Å². The summed E-state index contributed by atoms with van der Waals surface area (Å²) in [5.74, 6) is 0.637. The van der Waals surface area contributed by atoms with Crippen molar-refractivity contribution in [1.29, 1.82) is 0 Å². The lowest BCUT2D eigenvalue weighted by molar-refractivity contribution is -0.151. The van der Waals surface area contributed by atoms with Gasteiger partial charge in [-0.15, -0.1) is 0 Å². The van der Waals surface area contributed by atoms with Crippen molar-refractivity contribution >= 4 is 5.97 Å². The van der Waals surface area contributed by atoms with Crippen LogP contribution >= 0.6 is 0 Å². The lowest BCUT2D eigenvalue weighted by Gasteiger charge is -2.28. The Morgan fingerprint density at radius 1 is 1.44 bits per heavy atom. The molecule has 1 unspecified atom stereocenters. The minimum Gasteiger partial charge on any atom is -0.463 e. The maximum absolute atomic E-state index is 11.1. The van der Waals surface area contributed by atoms with E-state index in [1.54, 1.807) is 0 Å². The lowest BCUT2D eigenvalue weighted by Crippen LogP contribution is -2.31. The molecule has 1 fully saturated rings. The molecule has 0 bridgehead atoms. The Kier molecular flexibility index (Phi) is 4.78. The van der Waals surface area contributed by atoms with E-state index in [2.05, 4.69) is 13.8 Å². The SMILES string of the molecule is CCC(=O)OC(C)CC(C)(C)OCC1CC1. The van der Waals surface area contributed by atoms with Gasteiger partial charge in [-0.1, -0.05) is 6.92 Å². The van der Waals surface area contributed by atoms with Gasteiger partial charge in [0.15, 0.2) is 0 Å². The van der Waals surface area contributed by atoms with Crippen LogP contribution in [0.2, 0.25) is 0 Å². The van der Waals surface area contributed by atoms with Crippen LogP contribution in [-0.4, -0.2) is 24.3 Å². The van der Waals surface area contributed by atoms with Gasteiger partial charge in [-0.3, -0.25) is 4.79 Å². The summed E-state index contributed by atoms with van der Waals surface area (Å²) in [4.78, 5) is 11.1. The van der Waals surface area contributed by atoms with Crippen molar-refractivity contribution in [2.45, 2.75) is 65.1 Å². The van der Waals surface area contributed by atoms with Gasteiger partial charge in [0, 0.05) is 12.8 Å². The second-order valence-electron chi connectivity index (χ2n) is 5.37. The van der Waals surface area contributed by atoms with E-state index in [4.69, 9.17) is 9.47 Å². The molecule has 0 spiro atoms. The monoisotopic (exact) mass is 228 g/mol. The van der Waals surface area contributed by atoms with E-state index < -0.39 is 0 Å². The summed E-state index contributed by atoms with van der Waals surface area (Å²) in [6, 6.07) is 0. The van der Waals surface area contributed by atoms with Crippen molar-refractivity contribution in [3.63, 3.8) is 0 Å². The number of rotatable bonds is 7. The smallest absolute Gasteiger partial charge is 0.305 e. The molecule has 0 aromatic carbocycles. The van der Waals surface area contributed by atoms with Crippen LogP contribution in [0, 0.1) is 5.92 Å². The van der Waals surface area contributed by atoms with Gasteiger partial charge < -0.3 is 9.47 Å². The third-order valence-electron chi connectivity index (χ3n) is 2.81. The Balaban J connectivity index is 2.23. The van der Waals surface area contributed by atoms with Crippen LogP contribution in [0.25, 0.3) is 0 Å². The molecule has 1 aliphatic rings. The highest BCUT2D eigenvalue weighted by molar-refractivity contribution is 5.69. The molecule has 16 heavy (non-hydrogen) atoms. The zero-order chi connectivity index (χ0) is 12.2. The number of esters is 1. The maximum atomic E-state index is 11.1. The third-order valence-corrected chi connectivity index (χ3v) is 2.81. The highest BCUT2D eigenvalue weighted by atomic mass is 16.5. The molecule has 0 saturated heterocycles. The fourth-order valence-corrected chi connectivity index (χ4v) is 1.73. The molecule has 0 aromatic heterocycles. The lowest BCUT2D eigenvalue weighted by atomic mass is 10.0. The first-order valence-corrected chi connectivity index (χ1v) is 6.26. The number of carbonyl (C=O) groups excluding carboxylic acids is 1. The van der Waals surface area contributed by atoms with Crippen molar-refractivity contribution < 1.29 is 14.3 Å². The van der Waals surface area contributed by atoms with Crippen LogP contribution in [0.1, 0.15) is 53.4 Å². The van der Waals surface area contributed by atoms with Crippen molar-refractivity contribution in [2.75, 3.05) is 6.61 Å². The summed E-state index contributed by atoms with van der Waals surface area (Å²) in [5.41, 5.74) is -0.198. The molecule has 0 aromatic rings. The Hall–Kier alpha value is -0.570. The predicted molar refractivity (Wildman–Crippen MR) is 63.2 cm³/mol. The van der Waals surface area contributed by atoms with Crippen LogP contribution in [0.15, 0.2) is 0 Å². The quantitative estimate of drug-likeness (QED) is 0.628. The standard InChI is InChI=1S/C13H24O3/c1-5-12(14)16-10(2)8-13(3,4)15-9-11-6-7-11/h10-11H,5-9H2,1-4H3. The second kappa shape index (κ2) is 5.67. The molecular formula is C13H24O3. The average Bonchev–Trinajstić information content (AvgIpc) is 2.97. The first-order chi connectivity index (χ1) is 7.43. The minimum atomic E-state index is -0.198. The van der Waals surface area contributed by atoms with Gasteiger partial charge in [-0.2, -0.15) is 0 Å².